The van der Waals surface area contributed by atoms with Crippen LogP contribution in [0.3, 0.4) is 0 Å². The van der Waals surface area contributed by atoms with Crippen molar-refractivity contribution in [3.63, 3.8) is 0 Å². The highest BCUT2D eigenvalue weighted by atomic mass is 16.5. The molecule has 2 heteroatoms. The predicted molar refractivity (Wildman–Crippen MR) is 64.8 cm³/mol. The number of aliphatic hydroxyl groups excluding tert-OH is 1. The molecule has 0 radical (unpaired) electrons. The van der Waals surface area contributed by atoms with Crippen molar-refractivity contribution >= 4 is 0 Å². The molecule has 1 fully saturated rings. The van der Waals surface area contributed by atoms with Gasteiger partial charge < -0.3 is 9.84 Å². The summed E-state index contributed by atoms with van der Waals surface area (Å²) in [6.07, 6.45) is 4.80. The van der Waals surface area contributed by atoms with Crippen molar-refractivity contribution in [1.29, 1.82) is 0 Å². The van der Waals surface area contributed by atoms with Gasteiger partial charge in [-0.3, -0.25) is 0 Å². The molecule has 0 spiro atoms. The van der Waals surface area contributed by atoms with E-state index in [-0.39, 0.29) is 0 Å². The maximum absolute atomic E-state index is 9.24. The minimum atomic E-state index is -0.406. The highest BCUT2D eigenvalue weighted by Gasteiger charge is 2.20. The van der Waals surface area contributed by atoms with Crippen LogP contribution >= 0.6 is 0 Å². The van der Waals surface area contributed by atoms with Gasteiger partial charge in [-0.15, -0.1) is 0 Å². The first-order valence-corrected chi connectivity index (χ1v) is 6.17. The van der Waals surface area contributed by atoms with E-state index in [1.54, 1.807) is 6.92 Å². The SMILES string of the molecule is CC(O)COc1ccccc1C1CCCC1. The molecule has 0 bridgehead atoms. The lowest BCUT2D eigenvalue weighted by atomic mass is 9.97. The number of hydrogen-bond acceptors (Lipinski definition) is 2. The molecule has 1 unspecified atom stereocenters. The van der Waals surface area contributed by atoms with E-state index >= 15 is 0 Å². The second-order valence-corrected chi connectivity index (χ2v) is 4.68. The fourth-order valence-corrected chi connectivity index (χ4v) is 2.40. The third-order valence-electron chi connectivity index (χ3n) is 3.19. The Hall–Kier alpha value is -1.02. The van der Waals surface area contributed by atoms with Crippen LogP contribution in [-0.4, -0.2) is 17.8 Å². The second-order valence-electron chi connectivity index (χ2n) is 4.68. The average molecular weight is 220 g/mol. The third-order valence-corrected chi connectivity index (χ3v) is 3.19. The van der Waals surface area contributed by atoms with Gasteiger partial charge in [0.1, 0.15) is 12.4 Å². The number of benzene rings is 1. The van der Waals surface area contributed by atoms with Gasteiger partial charge in [-0.05, 0) is 37.3 Å². The van der Waals surface area contributed by atoms with E-state index in [4.69, 9.17) is 4.74 Å². The zero-order valence-corrected chi connectivity index (χ0v) is 9.86. The lowest BCUT2D eigenvalue weighted by molar-refractivity contribution is 0.122. The molecule has 0 aromatic heterocycles. The molecular formula is C14H20O2. The number of hydrogen-bond donors (Lipinski definition) is 1. The Labute approximate surface area is 97.3 Å². The summed E-state index contributed by atoms with van der Waals surface area (Å²) in [4.78, 5) is 0. The predicted octanol–water partition coefficient (Wildman–Crippen LogP) is 3.10. The monoisotopic (exact) mass is 220 g/mol. The highest BCUT2D eigenvalue weighted by molar-refractivity contribution is 5.36. The Morgan fingerprint density at radius 3 is 2.69 bits per heavy atom. The second kappa shape index (κ2) is 5.35. The van der Waals surface area contributed by atoms with Gasteiger partial charge in [-0.1, -0.05) is 31.0 Å². The molecule has 16 heavy (non-hydrogen) atoms. The normalized spacial score (nSPS) is 18.6. The molecule has 1 atom stereocenters. The van der Waals surface area contributed by atoms with Crippen LogP contribution in [0.1, 0.15) is 44.1 Å². The molecule has 1 saturated carbocycles. The first-order chi connectivity index (χ1) is 7.77. The largest absolute Gasteiger partial charge is 0.491 e. The van der Waals surface area contributed by atoms with Gasteiger partial charge in [0.15, 0.2) is 0 Å². The zero-order chi connectivity index (χ0) is 11.4. The van der Waals surface area contributed by atoms with Crippen LogP contribution in [-0.2, 0) is 0 Å². The van der Waals surface area contributed by atoms with Crippen molar-refractivity contribution in [3.05, 3.63) is 29.8 Å². The van der Waals surface area contributed by atoms with Crippen molar-refractivity contribution in [2.45, 2.75) is 44.6 Å². The fraction of sp³-hybridized carbons (Fsp3) is 0.571. The summed E-state index contributed by atoms with van der Waals surface area (Å²) in [5.41, 5.74) is 1.32. The molecule has 1 N–H and O–H groups in total. The number of aliphatic hydroxyl groups is 1. The van der Waals surface area contributed by atoms with Gasteiger partial charge in [-0.2, -0.15) is 0 Å². The van der Waals surface area contributed by atoms with Crippen LogP contribution in [0.2, 0.25) is 0 Å². The molecule has 2 rings (SSSR count). The number of rotatable bonds is 4. The Kier molecular flexibility index (Phi) is 3.83. The van der Waals surface area contributed by atoms with Gasteiger partial charge in [0.25, 0.3) is 0 Å². The van der Waals surface area contributed by atoms with Gasteiger partial charge in [-0.25, -0.2) is 0 Å². The van der Waals surface area contributed by atoms with E-state index in [9.17, 15) is 5.11 Å². The van der Waals surface area contributed by atoms with E-state index in [0.29, 0.717) is 12.5 Å². The molecule has 0 amide bonds. The van der Waals surface area contributed by atoms with Gasteiger partial charge in [0.2, 0.25) is 0 Å². The van der Waals surface area contributed by atoms with E-state index in [1.807, 2.05) is 12.1 Å². The van der Waals surface area contributed by atoms with Crippen LogP contribution in [0.15, 0.2) is 24.3 Å². The first-order valence-electron chi connectivity index (χ1n) is 6.17. The van der Waals surface area contributed by atoms with Crippen molar-refractivity contribution < 1.29 is 9.84 Å². The van der Waals surface area contributed by atoms with Crippen LogP contribution in [0, 0.1) is 0 Å². The lowest BCUT2D eigenvalue weighted by Crippen LogP contribution is -2.14. The molecule has 0 saturated heterocycles. The Bertz CT molecular complexity index is 327. The Morgan fingerprint density at radius 2 is 2.00 bits per heavy atom. The smallest absolute Gasteiger partial charge is 0.122 e. The van der Waals surface area contributed by atoms with Gasteiger partial charge in [0, 0.05) is 0 Å². The standard InChI is InChI=1S/C14H20O2/c1-11(15)10-16-14-9-5-4-8-13(14)12-6-2-3-7-12/h4-5,8-9,11-12,15H,2-3,6-7,10H2,1H3. The summed E-state index contributed by atoms with van der Waals surface area (Å²) in [7, 11) is 0. The minimum absolute atomic E-state index is 0.379. The summed E-state index contributed by atoms with van der Waals surface area (Å²) in [5.74, 6) is 1.61. The molecule has 2 nitrogen and oxygen atoms in total. The molecule has 1 aliphatic carbocycles. The van der Waals surface area contributed by atoms with E-state index < -0.39 is 6.10 Å². The Morgan fingerprint density at radius 1 is 1.31 bits per heavy atom. The summed E-state index contributed by atoms with van der Waals surface area (Å²) in [5, 5.41) is 9.24. The molecule has 88 valence electrons. The fourth-order valence-electron chi connectivity index (χ4n) is 2.40. The average Bonchev–Trinajstić information content (AvgIpc) is 2.80. The van der Waals surface area contributed by atoms with Crippen LogP contribution in [0.25, 0.3) is 0 Å². The van der Waals surface area contributed by atoms with Gasteiger partial charge in [0.05, 0.1) is 6.10 Å². The zero-order valence-electron chi connectivity index (χ0n) is 9.86. The van der Waals surface area contributed by atoms with Crippen LogP contribution < -0.4 is 4.74 Å². The summed E-state index contributed by atoms with van der Waals surface area (Å²) in [6.45, 7) is 2.13. The van der Waals surface area contributed by atoms with Crippen molar-refractivity contribution in [1.82, 2.24) is 0 Å². The van der Waals surface area contributed by atoms with Gasteiger partial charge >= 0.3 is 0 Å². The van der Waals surface area contributed by atoms with E-state index in [0.717, 1.165) is 5.75 Å². The first kappa shape index (κ1) is 11.5. The van der Waals surface area contributed by atoms with E-state index in [2.05, 4.69) is 12.1 Å². The van der Waals surface area contributed by atoms with Crippen LogP contribution in [0.4, 0.5) is 0 Å². The minimum Gasteiger partial charge on any atom is -0.491 e. The van der Waals surface area contributed by atoms with Crippen molar-refractivity contribution in [2.24, 2.45) is 0 Å². The lowest BCUT2D eigenvalue weighted by Gasteiger charge is -2.16. The van der Waals surface area contributed by atoms with Crippen LogP contribution in [0.5, 0.6) is 5.75 Å². The Balaban J connectivity index is 2.10. The maximum Gasteiger partial charge on any atom is 0.122 e. The number of ether oxygens (including phenoxy) is 1. The van der Waals surface area contributed by atoms with Crippen molar-refractivity contribution in [2.75, 3.05) is 6.61 Å². The van der Waals surface area contributed by atoms with E-state index in [1.165, 1.54) is 31.2 Å². The quantitative estimate of drug-likeness (QED) is 0.844. The maximum atomic E-state index is 9.24. The molecule has 0 aliphatic heterocycles. The third kappa shape index (κ3) is 2.76. The summed E-state index contributed by atoms with van der Waals surface area (Å²) < 4.78 is 5.66. The molecule has 1 aromatic rings. The molecule has 1 aromatic carbocycles. The summed E-state index contributed by atoms with van der Waals surface area (Å²) >= 11 is 0. The molecular weight excluding hydrogens is 200 g/mol. The topological polar surface area (TPSA) is 29.5 Å². The summed E-state index contributed by atoms with van der Waals surface area (Å²) in [6, 6.07) is 8.24. The molecule has 0 heterocycles. The highest BCUT2D eigenvalue weighted by Crippen LogP contribution is 2.38. The number of para-hydroxylation sites is 1. The van der Waals surface area contributed by atoms with Crippen molar-refractivity contribution in [3.8, 4) is 5.75 Å². The molecule has 1 aliphatic rings.